The number of rotatable bonds is 6. The lowest BCUT2D eigenvalue weighted by atomic mass is 10.1. The van der Waals surface area contributed by atoms with Crippen LogP contribution >= 0.6 is 23.4 Å². The van der Waals surface area contributed by atoms with Gasteiger partial charge < -0.3 is 10.5 Å². The number of hydrogen-bond donors (Lipinski definition) is 1. The molecule has 2 aromatic carbocycles. The Kier molecular flexibility index (Phi) is 5.97. The van der Waals surface area contributed by atoms with E-state index in [1.807, 2.05) is 30.3 Å². The molecule has 2 nitrogen and oxygen atoms in total. The van der Waals surface area contributed by atoms with Gasteiger partial charge in [0.15, 0.2) is 0 Å². The van der Waals surface area contributed by atoms with E-state index in [9.17, 15) is 0 Å². The predicted octanol–water partition coefficient (Wildman–Crippen LogP) is 4.78. The Labute approximate surface area is 135 Å². The number of nitrogens with two attached hydrogens (primary N) is 1. The Morgan fingerprint density at radius 2 is 1.81 bits per heavy atom. The maximum Gasteiger partial charge on any atom is 0.118 e. The second kappa shape index (κ2) is 7.74. The first-order valence-corrected chi connectivity index (χ1v) is 8.17. The average Bonchev–Trinajstić information content (AvgIpc) is 2.50. The van der Waals surface area contributed by atoms with Gasteiger partial charge in [-0.2, -0.15) is 0 Å². The molecular weight excluding hydrogens is 302 g/mol. The van der Waals surface area contributed by atoms with Crippen molar-refractivity contribution in [3.8, 4) is 5.75 Å². The van der Waals surface area contributed by atoms with Crippen molar-refractivity contribution in [1.82, 2.24) is 0 Å². The van der Waals surface area contributed by atoms with Gasteiger partial charge in [0.2, 0.25) is 0 Å². The smallest absolute Gasteiger partial charge is 0.118 e. The van der Waals surface area contributed by atoms with Crippen LogP contribution in [0.3, 0.4) is 0 Å². The molecule has 0 saturated heterocycles. The summed E-state index contributed by atoms with van der Waals surface area (Å²) in [5, 5.41) is 0.789. The van der Waals surface area contributed by atoms with Crippen molar-refractivity contribution in [2.45, 2.75) is 35.6 Å². The summed E-state index contributed by atoms with van der Waals surface area (Å²) in [5.41, 5.74) is 7.10. The third-order valence-electron chi connectivity index (χ3n) is 3.33. The maximum absolute atomic E-state index is 6.36. The van der Waals surface area contributed by atoms with Crippen molar-refractivity contribution in [2.75, 3.05) is 7.11 Å². The van der Waals surface area contributed by atoms with Crippen LogP contribution in [0.5, 0.6) is 5.75 Å². The van der Waals surface area contributed by atoms with Gasteiger partial charge in [-0.25, -0.2) is 0 Å². The van der Waals surface area contributed by atoms with E-state index in [4.69, 9.17) is 22.1 Å². The van der Waals surface area contributed by atoms with Gasteiger partial charge in [0.05, 0.1) is 7.11 Å². The van der Waals surface area contributed by atoms with Crippen LogP contribution in [0.25, 0.3) is 0 Å². The van der Waals surface area contributed by atoms with Gasteiger partial charge in [-0.1, -0.05) is 36.4 Å². The number of halogens is 1. The number of hydrogen-bond acceptors (Lipinski definition) is 3. The highest BCUT2D eigenvalue weighted by Crippen LogP contribution is 2.32. The summed E-state index contributed by atoms with van der Waals surface area (Å²) < 4.78 is 5.16. The van der Waals surface area contributed by atoms with E-state index in [0.717, 1.165) is 39.0 Å². The molecule has 0 fully saturated rings. The first kappa shape index (κ1) is 16.2. The van der Waals surface area contributed by atoms with Crippen LogP contribution in [-0.4, -0.2) is 13.2 Å². The topological polar surface area (TPSA) is 35.2 Å². The molecule has 0 aromatic heterocycles. The standard InChI is InChI=1S/C17H20ClNOS/c1-3-13(19)10-12-4-7-16(11-17(12)18)21-15-8-5-14(20-2)6-9-15/h4-9,11,13H,3,10,19H2,1-2H3. The molecule has 0 aliphatic rings. The van der Waals surface area contributed by atoms with Crippen molar-refractivity contribution in [3.63, 3.8) is 0 Å². The summed E-state index contributed by atoms with van der Waals surface area (Å²) in [6, 6.07) is 14.3. The van der Waals surface area contributed by atoms with Gasteiger partial charge in [-0.05, 0) is 54.8 Å². The fourth-order valence-electron chi connectivity index (χ4n) is 1.96. The van der Waals surface area contributed by atoms with Crippen LogP contribution in [0.2, 0.25) is 5.02 Å². The lowest BCUT2D eigenvalue weighted by molar-refractivity contribution is 0.414. The molecule has 0 aliphatic carbocycles. The zero-order chi connectivity index (χ0) is 15.2. The Bertz CT molecular complexity index is 586. The first-order chi connectivity index (χ1) is 10.1. The van der Waals surface area contributed by atoms with Crippen LogP contribution in [0.1, 0.15) is 18.9 Å². The summed E-state index contributed by atoms with van der Waals surface area (Å²) in [6.07, 6.45) is 1.78. The molecule has 2 N–H and O–H groups in total. The van der Waals surface area contributed by atoms with E-state index >= 15 is 0 Å². The number of methoxy groups -OCH3 is 1. The molecule has 0 heterocycles. The Morgan fingerprint density at radius 3 is 2.38 bits per heavy atom. The minimum atomic E-state index is 0.169. The van der Waals surface area contributed by atoms with Gasteiger partial charge in [0.25, 0.3) is 0 Å². The Morgan fingerprint density at radius 1 is 1.14 bits per heavy atom. The van der Waals surface area contributed by atoms with E-state index in [1.165, 1.54) is 0 Å². The summed E-state index contributed by atoms with van der Waals surface area (Å²) in [4.78, 5) is 2.28. The van der Waals surface area contributed by atoms with Crippen LogP contribution in [0.15, 0.2) is 52.3 Å². The highest BCUT2D eigenvalue weighted by atomic mass is 35.5. The molecule has 0 amide bonds. The van der Waals surface area contributed by atoms with Crippen molar-refractivity contribution < 1.29 is 4.74 Å². The molecule has 21 heavy (non-hydrogen) atoms. The lowest BCUT2D eigenvalue weighted by Gasteiger charge is -2.11. The third-order valence-corrected chi connectivity index (χ3v) is 4.68. The number of ether oxygens (including phenoxy) is 1. The average molecular weight is 322 g/mol. The van der Waals surface area contributed by atoms with Gasteiger partial charge >= 0.3 is 0 Å². The van der Waals surface area contributed by atoms with Crippen LogP contribution in [0.4, 0.5) is 0 Å². The molecule has 112 valence electrons. The highest BCUT2D eigenvalue weighted by Gasteiger charge is 2.07. The predicted molar refractivity (Wildman–Crippen MR) is 90.5 cm³/mol. The Hall–Kier alpha value is -1.16. The van der Waals surface area contributed by atoms with Crippen LogP contribution in [0, 0.1) is 0 Å². The van der Waals surface area contributed by atoms with Crippen molar-refractivity contribution in [3.05, 3.63) is 53.1 Å². The first-order valence-electron chi connectivity index (χ1n) is 6.98. The van der Waals surface area contributed by atoms with E-state index in [2.05, 4.69) is 19.1 Å². The maximum atomic E-state index is 6.36. The zero-order valence-electron chi connectivity index (χ0n) is 12.3. The summed E-state index contributed by atoms with van der Waals surface area (Å²) >= 11 is 8.04. The normalized spacial score (nSPS) is 12.2. The molecule has 0 saturated carbocycles. The van der Waals surface area contributed by atoms with Crippen LogP contribution < -0.4 is 10.5 Å². The van der Waals surface area contributed by atoms with Crippen molar-refractivity contribution in [2.24, 2.45) is 5.73 Å². The minimum absolute atomic E-state index is 0.169. The SMILES string of the molecule is CCC(N)Cc1ccc(Sc2ccc(OC)cc2)cc1Cl. The monoisotopic (exact) mass is 321 g/mol. The van der Waals surface area contributed by atoms with Gasteiger partial charge in [0.1, 0.15) is 5.75 Å². The zero-order valence-corrected chi connectivity index (χ0v) is 13.9. The third kappa shape index (κ3) is 4.67. The fourth-order valence-corrected chi connectivity index (χ4v) is 3.14. The van der Waals surface area contributed by atoms with Gasteiger partial charge in [-0.3, -0.25) is 0 Å². The van der Waals surface area contributed by atoms with E-state index in [0.29, 0.717) is 0 Å². The molecule has 0 bridgehead atoms. The summed E-state index contributed by atoms with van der Waals surface area (Å²) in [7, 11) is 1.67. The van der Waals surface area contributed by atoms with Gasteiger partial charge in [-0.15, -0.1) is 0 Å². The van der Waals surface area contributed by atoms with E-state index in [-0.39, 0.29) is 6.04 Å². The Balaban J connectivity index is 2.08. The molecule has 2 aromatic rings. The van der Waals surface area contributed by atoms with Crippen molar-refractivity contribution in [1.29, 1.82) is 0 Å². The molecule has 4 heteroatoms. The van der Waals surface area contributed by atoms with Gasteiger partial charge in [0, 0.05) is 20.9 Å². The molecule has 0 spiro atoms. The quantitative estimate of drug-likeness (QED) is 0.831. The van der Waals surface area contributed by atoms with Crippen LogP contribution in [-0.2, 0) is 6.42 Å². The second-order valence-corrected chi connectivity index (χ2v) is 6.46. The molecular formula is C17H20ClNOS. The largest absolute Gasteiger partial charge is 0.497 e. The van der Waals surface area contributed by atoms with E-state index < -0.39 is 0 Å². The van der Waals surface area contributed by atoms with E-state index in [1.54, 1.807) is 18.9 Å². The molecule has 1 atom stereocenters. The summed E-state index contributed by atoms with van der Waals surface area (Å²) in [6.45, 7) is 2.09. The summed E-state index contributed by atoms with van der Waals surface area (Å²) in [5.74, 6) is 0.862. The molecule has 1 unspecified atom stereocenters. The molecule has 2 rings (SSSR count). The fraction of sp³-hybridized carbons (Fsp3) is 0.294. The molecule has 0 radical (unpaired) electrons. The lowest BCUT2D eigenvalue weighted by Crippen LogP contribution is -2.21. The van der Waals surface area contributed by atoms with Crippen molar-refractivity contribution >= 4 is 23.4 Å². The minimum Gasteiger partial charge on any atom is -0.497 e. The molecule has 0 aliphatic heterocycles. The number of benzene rings is 2. The highest BCUT2D eigenvalue weighted by molar-refractivity contribution is 7.99. The second-order valence-electron chi connectivity index (χ2n) is 4.90.